The lowest BCUT2D eigenvalue weighted by Crippen LogP contribution is -2.03. The molecule has 0 bridgehead atoms. The highest BCUT2D eigenvalue weighted by molar-refractivity contribution is 5.60. The molecule has 0 fully saturated rings. The maximum absolute atomic E-state index is 3.29. The van der Waals surface area contributed by atoms with Crippen LogP contribution in [0.2, 0.25) is 0 Å². The largest absolute Gasteiger partial charge is 0.388 e. The van der Waals surface area contributed by atoms with Crippen LogP contribution < -0.4 is 10.6 Å². The van der Waals surface area contributed by atoms with Crippen molar-refractivity contribution in [2.24, 2.45) is 5.92 Å². The predicted octanol–water partition coefficient (Wildman–Crippen LogP) is 4.31. The Labute approximate surface area is 106 Å². The molecule has 0 aromatic heterocycles. The van der Waals surface area contributed by atoms with Gasteiger partial charge in [-0.15, -0.1) is 0 Å². The van der Waals surface area contributed by atoms with Gasteiger partial charge in [0.15, 0.2) is 0 Å². The van der Waals surface area contributed by atoms with E-state index in [0.717, 1.165) is 5.92 Å². The van der Waals surface area contributed by atoms with Crippen LogP contribution in [-0.2, 0) is 0 Å². The zero-order valence-corrected chi connectivity index (χ0v) is 11.8. The third-order valence-corrected chi connectivity index (χ3v) is 3.32. The second kappa shape index (κ2) is 6.53. The van der Waals surface area contributed by atoms with Gasteiger partial charge in [-0.1, -0.05) is 27.2 Å². The maximum Gasteiger partial charge on any atom is 0.0374 e. The molecule has 0 aliphatic heterocycles. The van der Waals surface area contributed by atoms with Gasteiger partial charge in [0.05, 0.1) is 0 Å². The van der Waals surface area contributed by atoms with Crippen LogP contribution in [0.5, 0.6) is 0 Å². The van der Waals surface area contributed by atoms with Gasteiger partial charge in [0.25, 0.3) is 0 Å². The average Bonchev–Trinajstić information content (AvgIpc) is 2.34. The average molecular weight is 234 g/mol. The van der Waals surface area contributed by atoms with Crippen LogP contribution in [0.3, 0.4) is 0 Å². The van der Waals surface area contributed by atoms with Crippen LogP contribution in [0.1, 0.15) is 45.1 Å². The lowest BCUT2D eigenvalue weighted by molar-refractivity contribution is 0.517. The van der Waals surface area contributed by atoms with Crippen LogP contribution in [0, 0.1) is 5.92 Å². The lowest BCUT2D eigenvalue weighted by atomic mass is 9.91. The summed E-state index contributed by atoms with van der Waals surface area (Å²) >= 11 is 0. The van der Waals surface area contributed by atoms with E-state index >= 15 is 0 Å². The summed E-state index contributed by atoms with van der Waals surface area (Å²) in [6.45, 7) is 6.89. The van der Waals surface area contributed by atoms with E-state index in [2.05, 4.69) is 49.6 Å². The third-order valence-electron chi connectivity index (χ3n) is 3.32. The lowest BCUT2D eigenvalue weighted by Gasteiger charge is -2.18. The molecular weight excluding hydrogens is 208 g/mol. The fraction of sp³-hybridized carbons (Fsp3) is 0.600. The summed E-state index contributed by atoms with van der Waals surface area (Å²) in [5.74, 6) is 1.39. The van der Waals surface area contributed by atoms with Gasteiger partial charge in [0, 0.05) is 25.5 Å². The van der Waals surface area contributed by atoms with Crippen molar-refractivity contribution in [1.29, 1.82) is 0 Å². The molecule has 0 spiro atoms. The molecule has 17 heavy (non-hydrogen) atoms. The summed E-state index contributed by atoms with van der Waals surface area (Å²) in [4.78, 5) is 0. The zero-order chi connectivity index (χ0) is 12.8. The molecule has 0 aliphatic carbocycles. The monoisotopic (exact) mass is 234 g/mol. The van der Waals surface area contributed by atoms with Gasteiger partial charge < -0.3 is 10.6 Å². The SMILES string of the molecule is CNc1ccc(NC)c(C(C)CCC(C)C)c1. The van der Waals surface area contributed by atoms with Crippen molar-refractivity contribution in [2.75, 3.05) is 24.7 Å². The molecule has 1 unspecified atom stereocenters. The summed E-state index contributed by atoms with van der Waals surface area (Å²) in [6.07, 6.45) is 2.54. The number of nitrogens with one attached hydrogen (secondary N) is 2. The number of benzene rings is 1. The molecule has 0 aliphatic rings. The second-order valence-electron chi connectivity index (χ2n) is 5.17. The van der Waals surface area contributed by atoms with Gasteiger partial charge >= 0.3 is 0 Å². The summed E-state index contributed by atoms with van der Waals surface area (Å²) in [6, 6.07) is 6.54. The van der Waals surface area contributed by atoms with E-state index in [-0.39, 0.29) is 0 Å². The summed E-state index contributed by atoms with van der Waals surface area (Å²) in [5.41, 5.74) is 3.86. The Kier molecular flexibility index (Phi) is 5.33. The Bertz CT molecular complexity index is 345. The van der Waals surface area contributed by atoms with E-state index in [1.165, 1.54) is 29.8 Å². The van der Waals surface area contributed by atoms with E-state index in [0.29, 0.717) is 5.92 Å². The van der Waals surface area contributed by atoms with E-state index in [1.807, 2.05) is 14.1 Å². The van der Waals surface area contributed by atoms with Gasteiger partial charge in [-0.25, -0.2) is 0 Å². The number of hydrogen-bond acceptors (Lipinski definition) is 2. The highest BCUT2D eigenvalue weighted by Crippen LogP contribution is 2.31. The number of rotatable bonds is 6. The van der Waals surface area contributed by atoms with E-state index in [4.69, 9.17) is 0 Å². The summed E-state index contributed by atoms with van der Waals surface area (Å²) < 4.78 is 0. The molecule has 0 radical (unpaired) electrons. The van der Waals surface area contributed by atoms with Crippen molar-refractivity contribution < 1.29 is 0 Å². The molecule has 2 nitrogen and oxygen atoms in total. The summed E-state index contributed by atoms with van der Waals surface area (Å²) in [5, 5.41) is 6.50. The first-order valence-corrected chi connectivity index (χ1v) is 6.58. The molecule has 0 saturated heterocycles. The van der Waals surface area contributed by atoms with E-state index < -0.39 is 0 Å². The van der Waals surface area contributed by atoms with Gasteiger partial charge in [-0.2, -0.15) is 0 Å². The van der Waals surface area contributed by atoms with Crippen LogP contribution in [0.4, 0.5) is 11.4 Å². The normalized spacial score (nSPS) is 12.6. The molecule has 0 heterocycles. The predicted molar refractivity (Wildman–Crippen MR) is 78.0 cm³/mol. The number of anilines is 2. The Hall–Kier alpha value is -1.18. The zero-order valence-electron chi connectivity index (χ0n) is 11.8. The Morgan fingerprint density at radius 2 is 1.71 bits per heavy atom. The van der Waals surface area contributed by atoms with Crippen molar-refractivity contribution in [3.05, 3.63) is 23.8 Å². The van der Waals surface area contributed by atoms with Crippen molar-refractivity contribution in [3.63, 3.8) is 0 Å². The molecule has 2 heteroatoms. The molecule has 1 aromatic carbocycles. The molecule has 0 amide bonds. The molecule has 2 N–H and O–H groups in total. The minimum absolute atomic E-state index is 0.605. The third kappa shape index (κ3) is 3.95. The first-order valence-electron chi connectivity index (χ1n) is 6.58. The highest BCUT2D eigenvalue weighted by atomic mass is 14.8. The van der Waals surface area contributed by atoms with Crippen LogP contribution in [-0.4, -0.2) is 14.1 Å². The molecule has 96 valence electrons. The molecular formula is C15H26N2. The van der Waals surface area contributed by atoms with Crippen LogP contribution >= 0.6 is 0 Å². The summed E-state index contributed by atoms with van der Waals surface area (Å²) in [7, 11) is 3.96. The minimum atomic E-state index is 0.605. The second-order valence-corrected chi connectivity index (χ2v) is 5.17. The van der Waals surface area contributed by atoms with Gasteiger partial charge in [0.1, 0.15) is 0 Å². The van der Waals surface area contributed by atoms with Crippen molar-refractivity contribution in [2.45, 2.75) is 39.5 Å². The molecule has 1 aromatic rings. The number of hydrogen-bond donors (Lipinski definition) is 2. The molecule has 1 atom stereocenters. The first-order chi connectivity index (χ1) is 8.08. The Morgan fingerprint density at radius 1 is 1.00 bits per heavy atom. The van der Waals surface area contributed by atoms with Gasteiger partial charge in [-0.05, 0) is 42.0 Å². The van der Waals surface area contributed by atoms with Crippen molar-refractivity contribution >= 4 is 11.4 Å². The van der Waals surface area contributed by atoms with E-state index in [1.54, 1.807) is 0 Å². The maximum atomic E-state index is 3.29. The standard InChI is InChI=1S/C15H26N2/c1-11(2)6-7-12(3)14-10-13(16-4)8-9-15(14)17-5/h8-12,16-17H,6-7H2,1-5H3. The quantitative estimate of drug-likeness (QED) is 0.766. The topological polar surface area (TPSA) is 24.1 Å². The molecule has 1 rings (SSSR count). The fourth-order valence-corrected chi connectivity index (χ4v) is 2.09. The van der Waals surface area contributed by atoms with Crippen molar-refractivity contribution in [3.8, 4) is 0 Å². The van der Waals surface area contributed by atoms with Gasteiger partial charge in [0.2, 0.25) is 0 Å². The fourth-order valence-electron chi connectivity index (χ4n) is 2.09. The molecule has 0 saturated carbocycles. The van der Waals surface area contributed by atoms with Crippen LogP contribution in [0.25, 0.3) is 0 Å². The van der Waals surface area contributed by atoms with Crippen LogP contribution in [0.15, 0.2) is 18.2 Å². The smallest absolute Gasteiger partial charge is 0.0374 e. The minimum Gasteiger partial charge on any atom is -0.388 e. The highest BCUT2D eigenvalue weighted by Gasteiger charge is 2.11. The Balaban J connectivity index is 2.85. The van der Waals surface area contributed by atoms with Crippen molar-refractivity contribution in [1.82, 2.24) is 0 Å². The first kappa shape index (κ1) is 13.9. The Morgan fingerprint density at radius 3 is 2.24 bits per heavy atom. The van der Waals surface area contributed by atoms with E-state index in [9.17, 15) is 0 Å². The van der Waals surface area contributed by atoms with Gasteiger partial charge in [-0.3, -0.25) is 0 Å².